The molecule has 0 unspecified atom stereocenters. The third kappa shape index (κ3) is 10.6. The first-order chi connectivity index (χ1) is 27.0. The Morgan fingerprint density at radius 2 is 1.09 bits per heavy atom. The van der Waals surface area contributed by atoms with Crippen molar-refractivity contribution in [1.82, 2.24) is 10.2 Å². The Morgan fingerprint density at radius 3 is 1.43 bits per heavy atom. The fourth-order valence-corrected chi connectivity index (χ4v) is 9.32. The number of Topliss-reactive ketones (excluding diaryl/α,β-unsaturated/α-hetero) is 4. The van der Waals surface area contributed by atoms with Crippen LogP contribution in [0.5, 0.6) is 11.5 Å². The summed E-state index contributed by atoms with van der Waals surface area (Å²) in [5, 5.41) is 3.97. The van der Waals surface area contributed by atoms with Crippen LogP contribution in [0.4, 0.5) is 4.79 Å². The van der Waals surface area contributed by atoms with E-state index in [0.29, 0.717) is 82.6 Å². The molecule has 58 heavy (non-hydrogen) atoms. The number of nitrogens with one attached hydrogen (secondary N) is 1. The average Bonchev–Trinajstić information content (AvgIpc) is 3.13. The van der Waals surface area contributed by atoms with E-state index in [9.17, 15) is 24.0 Å². The van der Waals surface area contributed by atoms with Crippen LogP contribution in [-0.4, -0.2) is 80.1 Å². The van der Waals surface area contributed by atoms with Crippen molar-refractivity contribution in [2.24, 2.45) is 10.8 Å². The van der Waals surface area contributed by atoms with E-state index in [-0.39, 0.29) is 59.9 Å². The number of hydrogen-bond acceptors (Lipinski definition) is 9. The number of carbonyl (C=O) groups excluding carboxylic acids is 5. The molecule has 2 aliphatic carbocycles. The zero-order chi connectivity index (χ0) is 41.7. The van der Waals surface area contributed by atoms with Crippen molar-refractivity contribution in [2.45, 2.75) is 103 Å². The largest absolute Gasteiger partial charge is 0.496 e. The maximum atomic E-state index is 13.2. The number of rotatable bonds is 4. The second-order valence-electron chi connectivity index (χ2n) is 16.6. The van der Waals surface area contributed by atoms with Crippen molar-refractivity contribution in [2.75, 3.05) is 40.4 Å². The Bertz CT molecular complexity index is 2010. The van der Waals surface area contributed by atoms with Gasteiger partial charge in [0.25, 0.3) is 0 Å². The number of amides is 1. The summed E-state index contributed by atoms with van der Waals surface area (Å²) in [7, 11) is 3.01. The van der Waals surface area contributed by atoms with Crippen molar-refractivity contribution in [1.29, 1.82) is 0 Å². The van der Waals surface area contributed by atoms with Crippen LogP contribution >= 0.6 is 35.6 Å². The van der Waals surface area contributed by atoms with Gasteiger partial charge in [-0.25, -0.2) is 4.79 Å². The number of hydrogen-bond donors (Lipinski definition) is 1. The summed E-state index contributed by atoms with van der Waals surface area (Å²) in [6.45, 7) is 11.6. The predicted molar refractivity (Wildman–Crippen MR) is 226 cm³/mol. The molecule has 2 aliphatic heterocycles. The van der Waals surface area contributed by atoms with Gasteiger partial charge in [-0.1, -0.05) is 35.0 Å². The van der Waals surface area contributed by atoms with E-state index >= 15 is 0 Å². The standard InChI is InChI=1S/C25H30ClNO5.C20H22ClNO3.ClH/c1-6-7-16-12-17(26)21(20(13-16)31-5)22-18(28)14-25(15-19(22)29)8-10-27(11-9-25)23(30)32-24(2,3)4;1-3-4-13-9-14(21)18(17(10-13)25-2)19-15(23)11-20(12-16(19)24)5-7-22-8-6-20;/h12-13,22H,8-11,14-15H2,1-5H3;9-10,19,22H,5-8,11-12H2,1-2H3;1H. The summed E-state index contributed by atoms with van der Waals surface area (Å²) >= 11 is 12.9. The number of ether oxygens (including phenoxy) is 3. The molecule has 0 atom stereocenters. The van der Waals surface area contributed by atoms with Crippen LogP contribution in [0.15, 0.2) is 24.3 Å². The number of likely N-dealkylation sites (tertiary alicyclic amines) is 1. The van der Waals surface area contributed by atoms with Gasteiger partial charge in [0.2, 0.25) is 0 Å². The van der Waals surface area contributed by atoms with Crippen LogP contribution in [-0.2, 0) is 23.9 Å². The van der Waals surface area contributed by atoms with Crippen molar-refractivity contribution in [3.05, 3.63) is 56.6 Å². The van der Waals surface area contributed by atoms with E-state index in [2.05, 4.69) is 29.0 Å². The van der Waals surface area contributed by atoms with Crippen LogP contribution in [0.3, 0.4) is 0 Å². The first-order valence-electron chi connectivity index (χ1n) is 19.4. The molecule has 6 rings (SSSR count). The molecule has 2 spiro atoms. The van der Waals surface area contributed by atoms with E-state index in [1.165, 1.54) is 14.2 Å². The highest BCUT2D eigenvalue weighted by atomic mass is 35.5. The molecule has 4 aliphatic rings. The first kappa shape index (κ1) is 46.6. The van der Waals surface area contributed by atoms with Gasteiger partial charge in [-0.3, -0.25) is 19.2 Å². The second kappa shape index (κ2) is 19.3. The molecule has 2 aromatic rings. The Balaban J connectivity index is 0.000000259. The third-order valence-corrected chi connectivity index (χ3v) is 12.0. The minimum atomic E-state index is -0.935. The first-order valence-corrected chi connectivity index (χ1v) is 20.1. The van der Waals surface area contributed by atoms with E-state index in [4.69, 9.17) is 37.4 Å². The fourth-order valence-electron chi connectivity index (χ4n) is 8.69. The van der Waals surface area contributed by atoms with Crippen LogP contribution in [0, 0.1) is 34.5 Å². The van der Waals surface area contributed by atoms with E-state index in [0.717, 1.165) is 25.9 Å². The molecule has 2 heterocycles. The van der Waals surface area contributed by atoms with E-state index in [1.54, 1.807) is 43.0 Å². The van der Waals surface area contributed by atoms with Crippen LogP contribution in [0.25, 0.3) is 0 Å². The molecule has 312 valence electrons. The monoisotopic (exact) mass is 854 g/mol. The normalized spacial score (nSPS) is 20.1. The van der Waals surface area contributed by atoms with E-state index < -0.39 is 22.9 Å². The van der Waals surface area contributed by atoms with Crippen molar-refractivity contribution in [3.63, 3.8) is 0 Å². The lowest BCUT2D eigenvalue weighted by Crippen LogP contribution is -2.49. The number of ketones is 4. The van der Waals surface area contributed by atoms with Crippen LogP contribution in [0.1, 0.15) is 120 Å². The minimum absolute atomic E-state index is 0. The van der Waals surface area contributed by atoms with Gasteiger partial charge in [0, 0.05) is 71.1 Å². The molecule has 4 fully saturated rings. The average molecular weight is 856 g/mol. The highest BCUT2D eigenvalue weighted by Gasteiger charge is 2.49. The number of nitrogens with zero attached hydrogens (tertiary/aromatic N) is 1. The number of carbonyl (C=O) groups is 5. The molecule has 2 saturated carbocycles. The maximum Gasteiger partial charge on any atom is 0.410 e. The lowest BCUT2D eigenvalue weighted by atomic mass is 9.63. The molecule has 13 heteroatoms. The molecular formula is C45H53Cl3N2O8. The maximum absolute atomic E-state index is 13.2. The summed E-state index contributed by atoms with van der Waals surface area (Å²) < 4.78 is 16.3. The van der Waals surface area contributed by atoms with Gasteiger partial charge in [-0.15, -0.1) is 24.2 Å². The molecule has 1 N–H and O–H groups in total. The molecule has 0 bridgehead atoms. The Morgan fingerprint density at radius 1 is 0.707 bits per heavy atom. The Kier molecular flexibility index (Phi) is 15.5. The number of piperidine rings is 2. The summed E-state index contributed by atoms with van der Waals surface area (Å²) in [5.41, 5.74) is 1.13. The Labute approximate surface area is 358 Å². The number of halogens is 3. The fraction of sp³-hybridized carbons (Fsp3) is 0.533. The predicted octanol–water partition coefficient (Wildman–Crippen LogP) is 8.28. The van der Waals surface area contributed by atoms with Crippen LogP contribution < -0.4 is 14.8 Å². The lowest BCUT2D eigenvalue weighted by molar-refractivity contribution is -0.139. The van der Waals surface area contributed by atoms with Gasteiger partial charge < -0.3 is 24.4 Å². The van der Waals surface area contributed by atoms with Gasteiger partial charge in [0.1, 0.15) is 52.1 Å². The minimum Gasteiger partial charge on any atom is -0.496 e. The third-order valence-electron chi connectivity index (χ3n) is 11.4. The van der Waals surface area contributed by atoms with Crippen molar-refractivity contribution < 1.29 is 38.2 Å². The smallest absolute Gasteiger partial charge is 0.410 e. The van der Waals surface area contributed by atoms with Gasteiger partial charge >= 0.3 is 6.09 Å². The lowest BCUT2D eigenvalue weighted by Gasteiger charge is -2.44. The molecule has 2 saturated heterocycles. The zero-order valence-corrected chi connectivity index (χ0v) is 36.7. The summed E-state index contributed by atoms with van der Waals surface area (Å²) in [6.07, 6.45) is 3.98. The van der Waals surface area contributed by atoms with Crippen molar-refractivity contribution in [3.8, 4) is 35.2 Å². The highest BCUT2D eigenvalue weighted by molar-refractivity contribution is 6.33. The quantitative estimate of drug-likeness (QED) is 0.239. The molecule has 2 aromatic carbocycles. The number of benzene rings is 2. The topological polar surface area (TPSA) is 128 Å². The SMILES string of the molecule is CC#Cc1cc(Cl)c(C2C(=O)CC3(CCN(C(=O)OC(C)(C)C)CC3)CC2=O)c(OC)c1.CC#Cc1cc(Cl)c(C2C(=O)CC3(CCNCC3)CC2=O)c(OC)c1.Cl. The van der Waals surface area contributed by atoms with Gasteiger partial charge in [-0.2, -0.15) is 0 Å². The number of methoxy groups -OCH3 is 2. The van der Waals surface area contributed by atoms with Gasteiger partial charge in [0.15, 0.2) is 0 Å². The summed E-state index contributed by atoms with van der Waals surface area (Å²) in [5.74, 6) is 10.2. The molecule has 1 amide bonds. The molecule has 0 radical (unpaired) electrons. The zero-order valence-electron chi connectivity index (χ0n) is 34.3. The van der Waals surface area contributed by atoms with Gasteiger partial charge in [-0.05, 0) is 108 Å². The molecular weight excluding hydrogens is 803 g/mol. The summed E-state index contributed by atoms with van der Waals surface area (Å²) in [6, 6.07) is 6.82. The molecule has 0 aromatic heterocycles. The molecule has 10 nitrogen and oxygen atoms in total. The van der Waals surface area contributed by atoms with Crippen LogP contribution in [0.2, 0.25) is 10.0 Å². The summed E-state index contributed by atoms with van der Waals surface area (Å²) in [4.78, 5) is 66.4. The van der Waals surface area contributed by atoms with E-state index in [1.807, 2.05) is 20.8 Å². The van der Waals surface area contributed by atoms with Crippen molar-refractivity contribution >= 4 is 64.8 Å². The second-order valence-corrected chi connectivity index (χ2v) is 17.4. The highest BCUT2D eigenvalue weighted by Crippen LogP contribution is 2.49. The van der Waals surface area contributed by atoms with Gasteiger partial charge in [0.05, 0.1) is 14.2 Å². The Hall–Kier alpha value is -4.06.